The summed E-state index contributed by atoms with van der Waals surface area (Å²) < 4.78 is 11.3. The lowest BCUT2D eigenvalue weighted by Gasteiger charge is -2.00. The van der Waals surface area contributed by atoms with Crippen molar-refractivity contribution >= 4 is 27.5 Å². The van der Waals surface area contributed by atoms with Crippen LogP contribution in [0, 0.1) is 6.92 Å². The predicted octanol–water partition coefficient (Wildman–Crippen LogP) is 2.66. The molecule has 0 aliphatic heterocycles. The molecule has 0 atom stereocenters. The number of thiazole rings is 1. The van der Waals surface area contributed by atoms with Crippen molar-refractivity contribution in [3.63, 3.8) is 0 Å². The number of hydrogen-bond acceptors (Lipinski definition) is 7. The Balaban J connectivity index is 1.51. The second-order valence-electron chi connectivity index (χ2n) is 4.45. The lowest BCUT2D eigenvalue weighted by molar-refractivity contribution is -0.145. The number of carbonyl (C=O) groups is 1. The molecule has 7 heteroatoms. The van der Waals surface area contributed by atoms with Crippen LogP contribution in [-0.4, -0.2) is 21.2 Å². The number of nitrogens with zero attached hydrogens (tertiary/aromatic N) is 3. The molecule has 1 aromatic carbocycles. The number of benzene rings is 1. The van der Waals surface area contributed by atoms with Crippen molar-refractivity contribution in [1.29, 1.82) is 0 Å². The van der Waals surface area contributed by atoms with Gasteiger partial charge < -0.3 is 9.15 Å². The van der Waals surface area contributed by atoms with E-state index in [9.17, 15) is 4.79 Å². The number of carbonyl (C=O) groups excluding carboxylic acids is 1. The summed E-state index contributed by atoms with van der Waals surface area (Å²) in [6.07, 6.45) is 0.855. The minimum absolute atomic E-state index is 0.0134. The van der Waals surface area contributed by atoms with Crippen LogP contribution in [0.4, 0.5) is 0 Å². The molecular formula is C14H13N3O3S. The van der Waals surface area contributed by atoms with Gasteiger partial charge in [0.1, 0.15) is 0 Å². The molecule has 0 radical (unpaired) electrons. The number of para-hydroxylation sites is 1. The van der Waals surface area contributed by atoms with Gasteiger partial charge >= 0.3 is 5.97 Å². The third-order valence-corrected chi connectivity index (χ3v) is 3.90. The highest BCUT2D eigenvalue weighted by atomic mass is 32.1. The fraction of sp³-hybridized carbons (Fsp3) is 0.286. The van der Waals surface area contributed by atoms with Crippen LogP contribution in [0.25, 0.3) is 10.2 Å². The quantitative estimate of drug-likeness (QED) is 0.674. The molecule has 0 aliphatic carbocycles. The molecule has 3 rings (SSSR count). The average Bonchev–Trinajstić information content (AvgIpc) is 3.08. The number of aromatic nitrogens is 3. The van der Waals surface area contributed by atoms with Gasteiger partial charge in [-0.3, -0.25) is 4.79 Å². The largest absolute Gasteiger partial charge is 0.456 e. The van der Waals surface area contributed by atoms with Gasteiger partial charge in [-0.2, -0.15) is 0 Å². The molecule has 3 aromatic rings. The third-order valence-electron chi connectivity index (χ3n) is 2.81. The summed E-state index contributed by atoms with van der Waals surface area (Å²) in [6, 6.07) is 7.91. The zero-order valence-electron chi connectivity index (χ0n) is 11.4. The van der Waals surface area contributed by atoms with Gasteiger partial charge in [-0.25, -0.2) is 4.98 Å². The predicted molar refractivity (Wildman–Crippen MR) is 76.8 cm³/mol. The zero-order chi connectivity index (χ0) is 14.7. The highest BCUT2D eigenvalue weighted by Gasteiger charge is 2.10. The van der Waals surface area contributed by atoms with Crippen LogP contribution in [0.15, 0.2) is 28.7 Å². The first-order chi connectivity index (χ1) is 10.2. The van der Waals surface area contributed by atoms with Crippen LogP contribution >= 0.6 is 11.3 Å². The van der Waals surface area contributed by atoms with Crippen molar-refractivity contribution in [1.82, 2.24) is 15.2 Å². The molecule has 0 saturated carbocycles. The number of ether oxygens (including phenoxy) is 1. The molecular weight excluding hydrogens is 290 g/mol. The molecule has 0 spiro atoms. The first-order valence-corrected chi connectivity index (χ1v) is 7.31. The van der Waals surface area contributed by atoms with E-state index in [1.165, 1.54) is 0 Å². The Morgan fingerprint density at radius 1 is 1.33 bits per heavy atom. The summed E-state index contributed by atoms with van der Waals surface area (Å²) in [5.74, 6) is 0.460. The van der Waals surface area contributed by atoms with E-state index in [4.69, 9.17) is 9.15 Å². The Morgan fingerprint density at radius 3 is 2.95 bits per heavy atom. The molecule has 0 unspecified atom stereocenters. The van der Waals surface area contributed by atoms with Crippen LogP contribution in [0.5, 0.6) is 0 Å². The van der Waals surface area contributed by atoms with E-state index >= 15 is 0 Å². The fourth-order valence-corrected chi connectivity index (χ4v) is 2.81. The molecule has 0 N–H and O–H groups in total. The monoisotopic (exact) mass is 303 g/mol. The molecule has 0 fully saturated rings. The molecule has 0 bridgehead atoms. The van der Waals surface area contributed by atoms with Crippen LogP contribution < -0.4 is 0 Å². The molecule has 108 valence electrons. The van der Waals surface area contributed by atoms with Crippen molar-refractivity contribution in [2.45, 2.75) is 26.4 Å². The zero-order valence-corrected chi connectivity index (χ0v) is 12.2. The first kappa shape index (κ1) is 13.7. The van der Waals surface area contributed by atoms with Crippen LogP contribution in [0.1, 0.15) is 23.2 Å². The molecule has 21 heavy (non-hydrogen) atoms. The van der Waals surface area contributed by atoms with Gasteiger partial charge in [-0.05, 0) is 12.1 Å². The molecule has 0 saturated heterocycles. The molecule has 0 aliphatic rings. The van der Waals surface area contributed by atoms with E-state index < -0.39 is 0 Å². The van der Waals surface area contributed by atoms with Crippen molar-refractivity contribution in [2.75, 3.05) is 0 Å². The van der Waals surface area contributed by atoms with E-state index in [1.807, 2.05) is 24.3 Å². The maximum absolute atomic E-state index is 11.7. The summed E-state index contributed by atoms with van der Waals surface area (Å²) in [7, 11) is 0. The van der Waals surface area contributed by atoms with Crippen LogP contribution in [0.2, 0.25) is 0 Å². The number of rotatable bonds is 5. The van der Waals surface area contributed by atoms with Crippen molar-refractivity contribution in [2.24, 2.45) is 0 Å². The Bertz CT molecular complexity index is 733. The molecule has 6 nitrogen and oxygen atoms in total. The van der Waals surface area contributed by atoms with Gasteiger partial charge in [0, 0.05) is 13.3 Å². The number of fused-ring (bicyclic) bond motifs is 1. The van der Waals surface area contributed by atoms with E-state index in [2.05, 4.69) is 15.2 Å². The maximum Gasteiger partial charge on any atom is 0.306 e. The van der Waals surface area contributed by atoms with Crippen molar-refractivity contribution < 1.29 is 13.9 Å². The molecule has 2 aromatic heterocycles. The summed E-state index contributed by atoms with van der Waals surface area (Å²) in [6.45, 7) is 1.70. The van der Waals surface area contributed by atoms with Crippen molar-refractivity contribution in [3.8, 4) is 0 Å². The van der Waals surface area contributed by atoms with Gasteiger partial charge in [0.25, 0.3) is 5.89 Å². The number of hydrogen-bond donors (Lipinski definition) is 0. The average molecular weight is 303 g/mol. The second kappa shape index (κ2) is 6.01. The summed E-state index contributed by atoms with van der Waals surface area (Å²) >= 11 is 1.60. The molecule has 2 heterocycles. The first-order valence-electron chi connectivity index (χ1n) is 6.50. The Kier molecular flexibility index (Phi) is 3.92. The van der Waals surface area contributed by atoms with Crippen LogP contribution in [0.3, 0.4) is 0 Å². The molecule has 0 amide bonds. The Labute approximate surface area is 124 Å². The summed E-state index contributed by atoms with van der Waals surface area (Å²) in [5, 5.41) is 8.36. The Morgan fingerprint density at radius 2 is 2.19 bits per heavy atom. The van der Waals surface area contributed by atoms with Gasteiger partial charge in [-0.1, -0.05) is 12.1 Å². The highest BCUT2D eigenvalue weighted by molar-refractivity contribution is 7.18. The third kappa shape index (κ3) is 3.43. The minimum atomic E-state index is -0.301. The van der Waals surface area contributed by atoms with Gasteiger partial charge in [0.05, 0.1) is 21.6 Å². The Hall–Kier alpha value is -2.28. The highest BCUT2D eigenvalue weighted by Crippen LogP contribution is 2.22. The summed E-state index contributed by atoms with van der Waals surface area (Å²) in [4.78, 5) is 16.2. The lowest BCUT2D eigenvalue weighted by Crippen LogP contribution is -2.06. The van der Waals surface area contributed by atoms with Crippen molar-refractivity contribution in [3.05, 3.63) is 41.1 Å². The fourth-order valence-electron chi connectivity index (χ4n) is 1.85. The smallest absolute Gasteiger partial charge is 0.306 e. The minimum Gasteiger partial charge on any atom is -0.456 e. The topological polar surface area (TPSA) is 78.1 Å². The van der Waals surface area contributed by atoms with E-state index in [0.717, 1.165) is 15.2 Å². The van der Waals surface area contributed by atoms with E-state index in [1.54, 1.807) is 18.3 Å². The second-order valence-corrected chi connectivity index (χ2v) is 5.57. The number of aryl methyl sites for hydroxylation is 2. The van der Waals surface area contributed by atoms with Crippen LogP contribution in [-0.2, 0) is 22.6 Å². The standard InChI is InChI=1S/C14H13N3O3S/c1-9-16-17-12(20-9)8-19-14(18)7-6-13-15-10-4-2-3-5-11(10)21-13/h2-5H,6-8H2,1H3. The SMILES string of the molecule is Cc1nnc(COC(=O)CCc2nc3ccccc3s2)o1. The van der Waals surface area contributed by atoms with Gasteiger partial charge in [0.2, 0.25) is 5.89 Å². The van der Waals surface area contributed by atoms with Gasteiger partial charge in [0.15, 0.2) is 6.61 Å². The normalized spacial score (nSPS) is 10.9. The van der Waals surface area contributed by atoms with E-state index in [0.29, 0.717) is 18.2 Å². The maximum atomic E-state index is 11.7. The van der Waals surface area contributed by atoms with Gasteiger partial charge in [-0.15, -0.1) is 21.5 Å². The lowest BCUT2D eigenvalue weighted by atomic mass is 10.3. The van der Waals surface area contributed by atoms with E-state index in [-0.39, 0.29) is 19.0 Å². The summed E-state index contributed by atoms with van der Waals surface area (Å²) in [5.41, 5.74) is 0.965. The number of esters is 1.